The number of alkyl halides is 3. The molecule has 2 aliphatic heterocycles. The normalized spacial score (nSPS) is 22.5. The van der Waals surface area contributed by atoms with E-state index in [-0.39, 0.29) is 41.7 Å². The number of ether oxygens (including phenoxy) is 1. The molecule has 1 aromatic heterocycles. The molecule has 1 saturated carbocycles. The molecule has 2 saturated heterocycles. The zero-order valence-corrected chi connectivity index (χ0v) is 24.1. The first kappa shape index (κ1) is 30.3. The van der Waals surface area contributed by atoms with Crippen LogP contribution in [0.5, 0.6) is 5.75 Å². The van der Waals surface area contributed by atoms with Gasteiger partial charge in [0.2, 0.25) is 11.8 Å². The lowest BCUT2D eigenvalue weighted by molar-refractivity contribution is -0.153. The van der Waals surface area contributed by atoms with Crippen LogP contribution in [0.3, 0.4) is 0 Å². The fourth-order valence-electron chi connectivity index (χ4n) is 5.10. The Kier molecular flexibility index (Phi) is 7.84. The van der Waals surface area contributed by atoms with E-state index in [0.29, 0.717) is 23.6 Å². The number of hydrogen-bond donors (Lipinski definition) is 2. The van der Waals surface area contributed by atoms with E-state index >= 15 is 0 Å². The molecule has 3 heterocycles. The number of carbonyl (C=O) groups excluding carboxylic acids is 2. The molecule has 224 valence electrons. The fourth-order valence-corrected chi connectivity index (χ4v) is 7.45. The lowest BCUT2D eigenvalue weighted by atomic mass is 9.76. The molecular weight excluding hydrogens is 622 g/mol. The Labute approximate surface area is 249 Å². The summed E-state index contributed by atoms with van der Waals surface area (Å²) < 4.78 is 69.8. The highest BCUT2D eigenvalue weighted by Crippen LogP contribution is 2.39. The number of sulfone groups is 1. The molecule has 0 radical (unpaired) electrons. The Balaban J connectivity index is 1.45. The fraction of sp³-hybridized carbons (Fsp3) is 0.462. The summed E-state index contributed by atoms with van der Waals surface area (Å²) in [7, 11) is -4.30. The second-order valence-corrected chi connectivity index (χ2v) is 13.6. The van der Waals surface area contributed by atoms with Crippen molar-refractivity contribution in [3.63, 3.8) is 0 Å². The van der Waals surface area contributed by atoms with E-state index in [2.05, 4.69) is 20.4 Å². The van der Waals surface area contributed by atoms with Gasteiger partial charge in [-0.25, -0.2) is 8.42 Å². The highest BCUT2D eigenvalue weighted by atomic mass is 35.5. The summed E-state index contributed by atoms with van der Waals surface area (Å²) in [5.74, 6) is -1.45. The highest BCUT2D eigenvalue weighted by molar-refractivity contribution is 7.92. The lowest BCUT2D eigenvalue weighted by Gasteiger charge is -2.43. The highest BCUT2D eigenvalue weighted by Gasteiger charge is 2.56. The molecule has 16 heteroatoms. The smallest absolute Gasteiger partial charge is 0.422 e. The Bertz CT molecular complexity index is 1560. The second-order valence-electron chi connectivity index (χ2n) is 10.6. The van der Waals surface area contributed by atoms with Crippen LogP contribution in [0.2, 0.25) is 10.0 Å². The van der Waals surface area contributed by atoms with Crippen LogP contribution in [0.15, 0.2) is 41.4 Å². The van der Waals surface area contributed by atoms with Gasteiger partial charge < -0.3 is 20.3 Å². The SMILES string of the molecule is N#CC1(NC(=O)[C@@H]2CC(S(=O)(=O)c3ccc(OCC(F)(F)F)cc3Cl)CN2C(=O)C2(c3ccc(Cl)cn3)CNC2)CC1. The average molecular weight is 646 g/mol. The van der Waals surface area contributed by atoms with Gasteiger partial charge in [-0.05, 0) is 43.5 Å². The number of rotatable bonds is 8. The summed E-state index contributed by atoms with van der Waals surface area (Å²) in [5.41, 5.74) is -1.84. The maximum absolute atomic E-state index is 14.1. The number of nitrogens with one attached hydrogen (secondary N) is 2. The molecule has 2 N–H and O–H groups in total. The Morgan fingerprint density at radius 2 is 1.93 bits per heavy atom. The third-order valence-corrected chi connectivity index (χ3v) is 10.5. The molecule has 2 aromatic rings. The number of benzene rings is 1. The van der Waals surface area contributed by atoms with Gasteiger partial charge in [0.25, 0.3) is 0 Å². The molecular formula is C26H24Cl2F3N5O5S. The van der Waals surface area contributed by atoms with Crippen molar-refractivity contribution >= 4 is 44.9 Å². The van der Waals surface area contributed by atoms with E-state index in [1.165, 1.54) is 11.1 Å². The van der Waals surface area contributed by atoms with Crippen LogP contribution in [0.1, 0.15) is 25.0 Å². The van der Waals surface area contributed by atoms with Gasteiger partial charge in [0, 0.05) is 31.9 Å². The van der Waals surface area contributed by atoms with Gasteiger partial charge in [-0.3, -0.25) is 14.6 Å². The molecule has 0 bridgehead atoms. The molecule has 1 aliphatic carbocycles. The van der Waals surface area contributed by atoms with Crippen molar-refractivity contribution in [2.24, 2.45) is 0 Å². The van der Waals surface area contributed by atoms with Crippen LogP contribution in [0.4, 0.5) is 13.2 Å². The molecule has 3 aliphatic rings. The number of carbonyl (C=O) groups is 2. The molecule has 1 aromatic carbocycles. The summed E-state index contributed by atoms with van der Waals surface area (Å²) in [6.45, 7) is -1.57. The summed E-state index contributed by atoms with van der Waals surface area (Å²) in [6, 6.07) is 7.05. The molecule has 42 heavy (non-hydrogen) atoms. The number of nitriles is 1. The topological polar surface area (TPSA) is 141 Å². The van der Waals surface area contributed by atoms with Crippen molar-refractivity contribution in [2.45, 2.75) is 52.6 Å². The number of hydrogen-bond acceptors (Lipinski definition) is 8. The molecule has 1 unspecified atom stereocenters. The Morgan fingerprint density at radius 1 is 1.21 bits per heavy atom. The van der Waals surface area contributed by atoms with Gasteiger partial charge in [-0.1, -0.05) is 23.2 Å². The first-order valence-electron chi connectivity index (χ1n) is 12.8. The number of pyridine rings is 1. The maximum atomic E-state index is 14.1. The Hall–Kier alpha value is -3.12. The van der Waals surface area contributed by atoms with Gasteiger partial charge in [-0.2, -0.15) is 18.4 Å². The molecule has 5 rings (SSSR count). The van der Waals surface area contributed by atoms with Gasteiger partial charge in [0.1, 0.15) is 22.7 Å². The predicted molar refractivity (Wildman–Crippen MR) is 144 cm³/mol. The van der Waals surface area contributed by atoms with Crippen molar-refractivity contribution in [1.29, 1.82) is 5.26 Å². The summed E-state index contributed by atoms with van der Waals surface area (Å²) in [6.07, 6.45) is -2.65. The van der Waals surface area contributed by atoms with Gasteiger partial charge in [0.05, 0.1) is 32.0 Å². The zero-order chi connectivity index (χ0) is 30.5. The quantitative estimate of drug-likeness (QED) is 0.446. The third kappa shape index (κ3) is 5.75. The van der Waals surface area contributed by atoms with Crippen LogP contribution >= 0.6 is 23.2 Å². The maximum Gasteiger partial charge on any atom is 0.422 e. The molecule has 0 spiro atoms. The Morgan fingerprint density at radius 3 is 2.45 bits per heavy atom. The first-order chi connectivity index (χ1) is 19.7. The average Bonchev–Trinajstić information content (AvgIpc) is 3.52. The molecule has 3 fully saturated rings. The third-order valence-electron chi connectivity index (χ3n) is 7.68. The van der Waals surface area contributed by atoms with Crippen LogP contribution in [-0.2, 0) is 24.8 Å². The van der Waals surface area contributed by atoms with E-state index < -0.39 is 56.7 Å². The minimum Gasteiger partial charge on any atom is -0.484 e. The molecule has 2 atom stereocenters. The van der Waals surface area contributed by atoms with Crippen LogP contribution in [0, 0.1) is 11.3 Å². The number of amides is 2. The van der Waals surface area contributed by atoms with Gasteiger partial charge in [-0.15, -0.1) is 0 Å². The van der Waals surface area contributed by atoms with Crippen LogP contribution in [0.25, 0.3) is 0 Å². The van der Waals surface area contributed by atoms with Crippen molar-refractivity contribution in [3.8, 4) is 11.8 Å². The van der Waals surface area contributed by atoms with Crippen LogP contribution in [-0.4, -0.2) is 79.4 Å². The van der Waals surface area contributed by atoms with E-state index in [1.807, 2.05) is 6.07 Å². The largest absolute Gasteiger partial charge is 0.484 e. The monoisotopic (exact) mass is 645 g/mol. The minimum atomic E-state index is -4.61. The molecule has 10 nitrogen and oxygen atoms in total. The van der Waals surface area contributed by atoms with Gasteiger partial charge in [0.15, 0.2) is 16.4 Å². The number of halogens is 5. The van der Waals surface area contributed by atoms with E-state index in [4.69, 9.17) is 23.2 Å². The number of likely N-dealkylation sites (tertiary alicyclic amines) is 1. The van der Waals surface area contributed by atoms with E-state index in [1.54, 1.807) is 12.1 Å². The zero-order valence-electron chi connectivity index (χ0n) is 21.7. The number of nitrogens with zero attached hydrogens (tertiary/aromatic N) is 3. The minimum absolute atomic E-state index is 0.191. The van der Waals surface area contributed by atoms with Crippen molar-refractivity contribution in [3.05, 3.63) is 52.3 Å². The lowest BCUT2D eigenvalue weighted by Crippen LogP contribution is -2.67. The predicted octanol–water partition coefficient (Wildman–Crippen LogP) is 2.79. The molecule has 2 amide bonds. The standard InChI is InChI=1S/C26H24Cl2F3N5O5S/c27-15-1-4-21(34-9-15)25(12-33-13-25)23(38)36-10-17(8-19(36)22(37)35-24(11-32)5-6-24)42(39,40)20-3-2-16(7-18(20)28)41-14-26(29,30)31/h1-4,7,9,17,19,33H,5-6,8,10,12-14H2,(H,35,37)/t17?,19-/m0/s1. The second kappa shape index (κ2) is 10.9. The van der Waals surface area contributed by atoms with Crippen molar-refractivity contribution in [2.75, 3.05) is 26.2 Å². The first-order valence-corrected chi connectivity index (χ1v) is 15.1. The van der Waals surface area contributed by atoms with Crippen LogP contribution < -0.4 is 15.4 Å². The van der Waals surface area contributed by atoms with E-state index in [9.17, 15) is 36.4 Å². The van der Waals surface area contributed by atoms with Crippen molar-refractivity contribution < 1.29 is 35.9 Å². The van der Waals surface area contributed by atoms with Gasteiger partial charge >= 0.3 is 6.18 Å². The number of aromatic nitrogens is 1. The summed E-state index contributed by atoms with van der Waals surface area (Å²) >= 11 is 12.2. The summed E-state index contributed by atoms with van der Waals surface area (Å²) in [5, 5.41) is 13.9. The summed E-state index contributed by atoms with van der Waals surface area (Å²) in [4.78, 5) is 32.7. The van der Waals surface area contributed by atoms with Crippen molar-refractivity contribution in [1.82, 2.24) is 20.5 Å². The van der Waals surface area contributed by atoms with E-state index in [0.717, 1.165) is 18.2 Å².